The number of benzene rings is 1. The fraction of sp³-hybridized carbons (Fsp3) is 0.571. The standard InChI is InChI=1S/C14H21FN2O/c1-18-13-5-7-17(8-6-13)10-14(16)11-3-2-4-12(15)9-11/h2-4,9,13-14H,5-8,10,16H2,1H3. The zero-order chi connectivity index (χ0) is 13.0. The van der Waals surface area contributed by atoms with Crippen molar-refractivity contribution in [3.05, 3.63) is 35.6 Å². The lowest BCUT2D eigenvalue weighted by Gasteiger charge is -2.32. The minimum absolute atomic E-state index is 0.125. The van der Waals surface area contributed by atoms with Gasteiger partial charge < -0.3 is 15.4 Å². The topological polar surface area (TPSA) is 38.5 Å². The van der Waals surface area contributed by atoms with Crippen LogP contribution in [0.15, 0.2) is 24.3 Å². The first kappa shape index (κ1) is 13.5. The number of likely N-dealkylation sites (tertiary alicyclic amines) is 1. The van der Waals surface area contributed by atoms with Gasteiger partial charge in [-0.2, -0.15) is 0 Å². The highest BCUT2D eigenvalue weighted by molar-refractivity contribution is 5.20. The first-order chi connectivity index (χ1) is 8.69. The molecule has 1 aromatic carbocycles. The second kappa shape index (κ2) is 6.27. The van der Waals surface area contributed by atoms with Gasteiger partial charge in [0.05, 0.1) is 6.10 Å². The van der Waals surface area contributed by atoms with E-state index in [9.17, 15) is 4.39 Å². The van der Waals surface area contributed by atoms with Crippen molar-refractivity contribution in [2.24, 2.45) is 5.73 Å². The van der Waals surface area contributed by atoms with E-state index in [-0.39, 0.29) is 11.9 Å². The van der Waals surface area contributed by atoms with E-state index >= 15 is 0 Å². The maximum absolute atomic E-state index is 13.1. The fourth-order valence-corrected chi connectivity index (χ4v) is 2.45. The Kier molecular flexibility index (Phi) is 4.69. The number of rotatable bonds is 4. The molecular formula is C14H21FN2O. The molecule has 18 heavy (non-hydrogen) atoms. The molecule has 1 heterocycles. The lowest BCUT2D eigenvalue weighted by Crippen LogP contribution is -2.40. The molecule has 0 aromatic heterocycles. The summed E-state index contributed by atoms with van der Waals surface area (Å²) < 4.78 is 18.5. The van der Waals surface area contributed by atoms with Crippen LogP contribution in [-0.2, 0) is 4.74 Å². The maximum atomic E-state index is 13.1. The van der Waals surface area contributed by atoms with Crippen molar-refractivity contribution in [3.8, 4) is 0 Å². The molecule has 1 saturated heterocycles. The Balaban J connectivity index is 1.86. The van der Waals surface area contributed by atoms with Crippen LogP contribution in [0, 0.1) is 5.82 Å². The SMILES string of the molecule is COC1CCN(CC(N)c2cccc(F)c2)CC1. The molecule has 0 bridgehead atoms. The number of nitrogens with two attached hydrogens (primary N) is 1. The average Bonchev–Trinajstić information content (AvgIpc) is 2.39. The van der Waals surface area contributed by atoms with Crippen molar-refractivity contribution in [1.29, 1.82) is 0 Å². The Labute approximate surface area is 108 Å². The summed E-state index contributed by atoms with van der Waals surface area (Å²) in [6.45, 7) is 2.78. The molecule has 3 nitrogen and oxygen atoms in total. The summed E-state index contributed by atoms with van der Waals surface area (Å²) in [5, 5.41) is 0. The van der Waals surface area contributed by atoms with Crippen LogP contribution >= 0.6 is 0 Å². The van der Waals surface area contributed by atoms with Crippen LogP contribution < -0.4 is 5.73 Å². The molecule has 4 heteroatoms. The molecule has 100 valence electrons. The Hall–Kier alpha value is -0.970. The van der Waals surface area contributed by atoms with E-state index in [0.29, 0.717) is 6.10 Å². The number of methoxy groups -OCH3 is 1. The maximum Gasteiger partial charge on any atom is 0.123 e. The Bertz CT molecular complexity index is 378. The third-order valence-electron chi connectivity index (χ3n) is 3.60. The van der Waals surface area contributed by atoms with Crippen molar-refractivity contribution >= 4 is 0 Å². The van der Waals surface area contributed by atoms with Gasteiger partial charge in [-0.1, -0.05) is 12.1 Å². The van der Waals surface area contributed by atoms with Gasteiger partial charge in [0.1, 0.15) is 5.82 Å². The number of halogens is 1. The van der Waals surface area contributed by atoms with E-state index < -0.39 is 0 Å². The highest BCUT2D eigenvalue weighted by Crippen LogP contribution is 2.17. The molecule has 1 fully saturated rings. The van der Waals surface area contributed by atoms with Crippen LogP contribution in [0.3, 0.4) is 0 Å². The van der Waals surface area contributed by atoms with Crippen LogP contribution in [0.25, 0.3) is 0 Å². The second-order valence-electron chi connectivity index (χ2n) is 4.90. The monoisotopic (exact) mass is 252 g/mol. The predicted molar refractivity (Wildman–Crippen MR) is 69.8 cm³/mol. The van der Waals surface area contributed by atoms with Crippen molar-refractivity contribution in [2.75, 3.05) is 26.7 Å². The number of nitrogens with zero attached hydrogens (tertiary/aromatic N) is 1. The van der Waals surface area contributed by atoms with Gasteiger partial charge in [0, 0.05) is 32.8 Å². The number of hydrogen-bond donors (Lipinski definition) is 1. The van der Waals surface area contributed by atoms with Crippen LogP contribution in [-0.4, -0.2) is 37.7 Å². The van der Waals surface area contributed by atoms with Crippen molar-refractivity contribution in [3.63, 3.8) is 0 Å². The third kappa shape index (κ3) is 3.51. The molecular weight excluding hydrogens is 231 g/mol. The van der Waals surface area contributed by atoms with E-state index in [1.807, 2.05) is 6.07 Å². The van der Waals surface area contributed by atoms with Gasteiger partial charge in [-0.15, -0.1) is 0 Å². The molecule has 1 unspecified atom stereocenters. The van der Waals surface area contributed by atoms with Crippen LogP contribution in [0.5, 0.6) is 0 Å². The predicted octanol–water partition coefficient (Wildman–Crippen LogP) is 1.94. The van der Waals surface area contributed by atoms with E-state index in [0.717, 1.165) is 38.0 Å². The summed E-state index contributed by atoms with van der Waals surface area (Å²) in [6, 6.07) is 6.43. The van der Waals surface area contributed by atoms with Gasteiger partial charge in [0.2, 0.25) is 0 Å². The van der Waals surface area contributed by atoms with Gasteiger partial charge in [-0.25, -0.2) is 4.39 Å². The molecule has 1 atom stereocenters. The summed E-state index contributed by atoms with van der Waals surface area (Å²) in [5.41, 5.74) is 6.99. The van der Waals surface area contributed by atoms with Gasteiger partial charge in [0.25, 0.3) is 0 Å². The smallest absolute Gasteiger partial charge is 0.123 e. The van der Waals surface area contributed by atoms with Crippen molar-refractivity contribution in [1.82, 2.24) is 4.90 Å². The normalized spacial score (nSPS) is 19.9. The third-order valence-corrected chi connectivity index (χ3v) is 3.60. The van der Waals surface area contributed by atoms with E-state index in [2.05, 4.69) is 4.90 Å². The Morgan fingerprint density at radius 2 is 2.17 bits per heavy atom. The summed E-state index contributed by atoms with van der Waals surface area (Å²) in [6.07, 6.45) is 2.48. The van der Waals surface area contributed by atoms with Crippen LogP contribution in [0.4, 0.5) is 4.39 Å². The summed E-state index contributed by atoms with van der Waals surface area (Å²) in [4.78, 5) is 2.32. The number of ether oxygens (including phenoxy) is 1. The minimum atomic E-state index is -0.221. The van der Waals surface area contributed by atoms with E-state index in [4.69, 9.17) is 10.5 Å². The van der Waals surface area contributed by atoms with Gasteiger partial charge in [-0.3, -0.25) is 0 Å². The molecule has 1 aromatic rings. The summed E-state index contributed by atoms with van der Waals surface area (Å²) in [7, 11) is 1.76. The van der Waals surface area contributed by atoms with Crippen LogP contribution in [0.1, 0.15) is 24.4 Å². The zero-order valence-corrected chi connectivity index (χ0v) is 10.8. The molecule has 0 aliphatic carbocycles. The largest absolute Gasteiger partial charge is 0.381 e. The lowest BCUT2D eigenvalue weighted by atomic mass is 10.0. The fourth-order valence-electron chi connectivity index (χ4n) is 2.45. The minimum Gasteiger partial charge on any atom is -0.381 e. The molecule has 1 aliphatic heterocycles. The summed E-state index contributed by atoms with van der Waals surface area (Å²) >= 11 is 0. The first-order valence-corrected chi connectivity index (χ1v) is 6.45. The Morgan fingerprint density at radius 1 is 1.44 bits per heavy atom. The second-order valence-corrected chi connectivity index (χ2v) is 4.90. The van der Waals surface area contributed by atoms with E-state index in [1.165, 1.54) is 12.1 Å². The molecule has 1 aliphatic rings. The van der Waals surface area contributed by atoms with Gasteiger partial charge in [-0.05, 0) is 30.5 Å². The lowest BCUT2D eigenvalue weighted by molar-refractivity contribution is 0.0395. The molecule has 0 saturated carbocycles. The summed E-state index contributed by atoms with van der Waals surface area (Å²) in [5.74, 6) is -0.221. The van der Waals surface area contributed by atoms with Crippen LogP contribution in [0.2, 0.25) is 0 Å². The van der Waals surface area contributed by atoms with Gasteiger partial charge in [0.15, 0.2) is 0 Å². The van der Waals surface area contributed by atoms with Crippen molar-refractivity contribution < 1.29 is 9.13 Å². The molecule has 2 N–H and O–H groups in total. The van der Waals surface area contributed by atoms with Gasteiger partial charge >= 0.3 is 0 Å². The zero-order valence-electron chi connectivity index (χ0n) is 10.8. The van der Waals surface area contributed by atoms with Crippen molar-refractivity contribution in [2.45, 2.75) is 25.0 Å². The average molecular weight is 252 g/mol. The highest BCUT2D eigenvalue weighted by Gasteiger charge is 2.20. The van der Waals surface area contributed by atoms with E-state index in [1.54, 1.807) is 13.2 Å². The molecule has 0 spiro atoms. The molecule has 2 rings (SSSR count). The number of hydrogen-bond acceptors (Lipinski definition) is 3. The highest BCUT2D eigenvalue weighted by atomic mass is 19.1. The Morgan fingerprint density at radius 3 is 2.78 bits per heavy atom. The quantitative estimate of drug-likeness (QED) is 0.890. The molecule has 0 radical (unpaired) electrons. The number of piperidine rings is 1. The first-order valence-electron chi connectivity index (χ1n) is 6.45. The molecule has 0 amide bonds.